The summed E-state index contributed by atoms with van der Waals surface area (Å²) in [5.41, 5.74) is 2.59. The van der Waals surface area contributed by atoms with E-state index in [0.29, 0.717) is 16.0 Å². The Labute approximate surface area is 140 Å². The average molecular weight is 341 g/mol. The van der Waals surface area contributed by atoms with Gasteiger partial charge in [0.25, 0.3) is 5.91 Å². The van der Waals surface area contributed by atoms with E-state index in [0.717, 1.165) is 16.7 Å². The Morgan fingerprint density at radius 2 is 1.96 bits per heavy atom. The SMILES string of the molecule is O=C1c2ccccc2C2Sc3nnc(-c4cccc(Cl)c4)n3N12. The third-order valence-corrected chi connectivity index (χ3v) is 5.39. The molecule has 2 aliphatic heterocycles. The molecule has 7 heteroatoms. The Hall–Kier alpha value is -2.31. The first-order valence-electron chi connectivity index (χ1n) is 7.05. The summed E-state index contributed by atoms with van der Waals surface area (Å²) in [6.07, 6.45) is 0. The largest absolute Gasteiger partial charge is 0.274 e. The third-order valence-electron chi connectivity index (χ3n) is 4.01. The standard InChI is InChI=1S/C16H9ClN4OS/c17-10-5-3-4-9(8-10)13-18-19-16-20(13)21-14(22)11-6-1-2-7-12(11)15(21)23-16/h1-8,15H. The van der Waals surface area contributed by atoms with Crippen molar-refractivity contribution in [2.24, 2.45) is 0 Å². The molecule has 2 aliphatic rings. The molecule has 0 fully saturated rings. The van der Waals surface area contributed by atoms with Crippen LogP contribution < -0.4 is 5.01 Å². The van der Waals surface area contributed by atoms with Gasteiger partial charge in [-0.2, -0.15) is 0 Å². The molecule has 3 aromatic rings. The molecule has 1 atom stereocenters. The molecule has 0 saturated heterocycles. The lowest BCUT2D eigenvalue weighted by Gasteiger charge is -2.18. The van der Waals surface area contributed by atoms with Crippen molar-refractivity contribution >= 4 is 29.3 Å². The van der Waals surface area contributed by atoms with Crippen LogP contribution in [-0.4, -0.2) is 20.8 Å². The molecule has 23 heavy (non-hydrogen) atoms. The Bertz CT molecular complexity index is 970. The molecule has 5 nitrogen and oxygen atoms in total. The van der Waals surface area contributed by atoms with Gasteiger partial charge in [-0.15, -0.1) is 10.2 Å². The summed E-state index contributed by atoms with van der Waals surface area (Å²) < 4.78 is 1.79. The highest BCUT2D eigenvalue weighted by atomic mass is 35.5. The van der Waals surface area contributed by atoms with E-state index in [9.17, 15) is 4.79 Å². The van der Waals surface area contributed by atoms with Gasteiger partial charge in [-0.05, 0) is 23.8 Å². The first-order chi connectivity index (χ1) is 11.2. The average Bonchev–Trinajstić information content (AvgIpc) is 3.19. The van der Waals surface area contributed by atoms with Crippen molar-refractivity contribution in [2.75, 3.05) is 5.01 Å². The molecule has 5 rings (SSSR count). The van der Waals surface area contributed by atoms with E-state index in [1.54, 1.807) is 15.8 Å². The topological polar surface area (TPSA) is 51.0 Å². The van der Waals surface area contributed by atoms with Crippen molar-refractivity contribution in [1.82, 2.24) is 14.9 Å². The zero-order valence-electron chi connectivity index (χ0n) is 11.7. The Morgan fingerprint density at radius 1 is 1.09 bits per heavy atom. The molecule has 0 spiro atoms. The highest BCUT2D eigenvalue weighted by molar-refractivity contribution is 7.99. The molecule has 112 valence electrons. The zero-order valence-corrected chi connectivity index (χ0v) is 13.3. The van der Waals surface area contributed by atoms with Gasteiger partial charge in [-0.25, -0.2) is 9.69 Å². The molecular formula is C16H9ClN4OS. The summed E-state index contributed by atoms with van der Waals surface area (Å²) in [6, 6.07) is 15.1. The predicted octanol–water partition coefficient (Wildman–Crippen LogP) is 3.49. The molecule has 0 radical (unpaired) electrons. The van der Waals surface area contributed by atoms with Crippen molar-refractivity contribution in [1.29, 1.82) is 0 Å². The maximum Gasteiger partial charge on any atom is 0.274 e. The zero-order chi connectivity index (χ0) is 15.6. The van der Waals surface area contributed by atoms with Crippen LogP contribution in [0.3, 0.4) is 0 Å². The first kappa shape index (κ1) is 13.2. The molecule has 0 aliphatic carbocycles. The van der Waals surface area contributed by atoms with Gasteiger partial charge in [0.2, 0.25) is 5.16 Å². The minimum Gasteiger partial charge on any atom is -0.267 e. The van der Waals surface area contributed by atoms with Gasteiger partial charge in [0.05, 0.1) is 0 Å². The lowest BCUT2D eigenvalue weighted by molar-refractivity contribution is 0.0969. The van der Waals surface area contributed by atoms with Crippen LogP contribution in [0.15, 0.2) is 53.7 Å². The Kier molecular flexibility index (Phi) is 2.63. The third kappa shape index (κ3) is 1.73. The molecular weight excluding hydrogens is 332 g/mol. The lowest BCUT2D eigenvalue weighted by atomic mass is 10.1. The first-order valence-corrected chi connectivity index (χ1v) is 8.30. The minimum atomic E-state index is -0.0814. The van der Waals surface area contributed by atoms with Crippen molar-refractivity contribution in [3.8, 4) is 11.4 Å². The summed E-state index contributed by atoms with van der Waals surface area (Å²) in [6.45, 7) is 0. The van der Waals surface area contributed by atoms with Crippen molar-refractivity contribution in [2.45, 2.75) is 10.5 Å². The predicted molar refractivity (Wildman–Crippen MR) is 88.1 cm³/mol. The summed E-state index contributed by atoms with van der Waals surface area (Å²) in [4.78, 5) is 12.8. The monoisotopic (exact) mass is 340 g/mol. The Morgan fingerprint density at radius 3 is 2.83 bits per heavy atom. The van der Waals surface area contributed by atoms with Crippen LogP contribution in [0.5, 0.6) is 0 Å². The number of nitrogens with zero attached hydrogens (tertiary/aromatic N) is 4. The van der Waals surface area contributed by atoms with Crippen LogP contribution in [0, 0.1) is 0 Å². The minimum absolute atomic E-state index is 0.0278. The molecule has 0 saturated carbocycles. The van der Waals surface area contributed by atoms with Gasteiger partial charge in [0.1, 0.15) is 5.37 Å². The number of carbonyl (C=O) groups excluding carboxylic acids is 1. The lowest BCUT2D eigenvalue weighted by Crippen LogP contribution is -2.34. The second kappa shape index (κ2) is 4.59. The maximum atomic E-state index is 12.8. The van der Waals surface area contributed by atoms with Crippen LogP contribution in [0.2, 0.25) is 5.02 Å². The fourth-order valence-electron chi connectivity index (χ4n) is 3.02. The summed E-state index contributed by atoms with van der Waals surface area (Å²) in [5.74, 6) is 0.596. The number of halogens is 1. The summed E-state index contributed by atoms with van der Waals surface area (Å²) in [7, 11) is 0. The molecule has 0 N–H and O–H groups in total. The van der Waals surface area contributed by atoms with E-state index in [-0.39, 0.29) is 11.3 Å². The smallest absolute Gasteiger partial charge is 0.267 e. The van der Waals surface area contributed by atoms with Gasteiger partial charge in [0, 0.05) is 16.1 Å². The van der Waals surface area contributed by atoms with Gasteiger partial charge in [-0.1, -0.05) is 53.7 Å². The van der Waals surface area contributed by atoms with Crippen LogP contribution in [0.25, 0.3) is 11.4 Å². The molecule has 1 aromatic heterocycles. The fraction of sp³-hybridized carbons (Fsp3) is 0.0625. The quantitative estimate of drug-likeness (QED) is 0.680. The maximum absolute atomic E-state index is 12.8. The highest BCUT2D eigenvalue weighted by Gasteiger charge is 2.46. The number of fused-ring (bicyclic) bond motifs is 5. The molecule has 2 aromatic carbocycles. The second-order valence-corrected chi connectivity index (χ2v) is 6.82. The van der Waals surface area contributed by atoms with Crippen LogP contribution in [-0.2, 0) is 0 Å². The van der Waals surface area contributed by atoms with Crippen molar-refractivity contribution in [3.05, 3.63) is 64.7 Å². The van der Waals surface area contributed by atoms with Crippen LogP contribution >= 0.6 is 23.4 Å². The van der Waals surface area contributed by atoms with Gasteiger partial charge < -0.3 is 0 Å². The van der Waals surface area contributed by atoms with Gasteiger partial charge in [0.15, 0.2) is 5.82 Å². The van der Waals surface area contributed by atoms with E-state index in [2.05, 4.69) is 10.2 Å². The number of amides is 1. The molecule has 3 heterocycles. The number of aromatic nitrogens is 3. The normalized spacial score (nSPS) is 18.0. The number of benzene rings is 2. The fourth-order valence-corrected chi connectivity index (χ4v) is 4.39. The van der Waals surface area contributed by atoms with Gasteiger partial charge in [-0.3, -0.25) is 4.79 Å². The van der Waals surface area contributed by atoms with E-state index < -0.39 is 0 Å². The van der Waals surface area contributed by atoms with Crippen molar-refractivity contribution < 1.29 is 4.79 Å². The second-order valence-electron chi connectivity index (χ2n) is 5.34. The number of hydrogen-bond acceptors (Lipinski definition) is 4. The number of rotatable bonds is 1. The van der Waals surface area contributed by atoms with E-state index >= 15 is 0 Å². The van der Waals surface area contributed by atoms with Crippen molar-refractivity contribution in [3.63, 3.8) is 0 Å². The number of carbonyl (C=O) groups is 1. The molecule has 0 bridgehead atoms. The molecule has 1 amide bonds. The van der Waals surface area contributed by atoms with Gasteiger partial charge >= 0.3 is 0 Å². The number of thioether (sulfide) groups is 1. The number of hydrogen-bond donors (Lipinski definition) is 0. The highest BCUT2D eigenvalue weighted by Crippen LogP contribution is 2.49. The molecule has 1 unspecified atom stereocenters. The Balaban J connectivity index is 1.68. The van der Waals surface area contributed by atoms with E-state index in [1.165, 1.54) is 11.8 Å². The van der Waals surface area contributed by atoms with Crippen LogP contribution in [0.4, 0.5) is 0 Å². The van der Waals surface area contributed by atoms with Crippen LogP contribution in [0.1, 0.15) is 21.3 Å². The summed E-state index contributed by atoms with van der Waals surface area (Å²) >= 11 is 7.62. The van der Waals surface area contributed by atoms with E-state index in [4.69, 9.17) is 11.6 Å². The summed E-state index contributed by atoms with van der Waals surface area (Å²) in [5, 5.41) is 11.5. The van der Waals surface area contributed by atoms with E-state index in [1.807, 2.05) is 42.5 Å².